The van der Waals surface area contributed by atoms with Crippen LogP contribution in [0.15, 0.2) is 42.7 Å². The molecule has 1 heterocycles. The number of amides is 2. The molecule has 24 heavy (non-hydrogen) atoms. The minimum atomic E-state index is -0.736. The number of nitriles is 1. The van der Waals surface area contributed by atoms with Crippen LogP contribution in [-0.4, -0.2) is 40.0 Å². The van der Waals surface area contributed by atoms with Gasteiger partial charge in [0.05, 0.1) is 6.07 Å². The van der Waals surface area contributed by atoms with Gasteiger partial charge in [0.15, 0.2) is 0 Å². The van der Waals surface area contributed by atoms with E-state index in [4.69, 9.17) is 10.00 Å². The van der Waals surface area contributed by atoms with E-state index in [1.54, 1.807) is 20.8 Å². The van der Waals surface area contributed by atoms with Crippen LogP contribution in [0.5, 0.6) is 0 Å². The molecule has 0 aromatic heterocycles. The summed E-state index contributed by atoms with van der Waals surface area (Å²) in [6.45, 7) is 5.26. The molecule has 2 amide bonds. The molecule has 0 saturated heterocycles. The Labute approximate surface area is 141 Å². The van der Waals surface area contributed by atoms with Gasteiger partial charge in [0.1, 0.15) is 18.2 Å². The highest BCUT2D eigenvalue weighted by molar-refractivity contribution is 5.88. The summed E-state index contributed by atoms with van der Waals surface area (Å²) in [6, 6.07) is 10.7. The van der Waals surface area contributed by atoms with Gasteiger partial charge >= 0.3 is 6.09 Å². The Morgan fingerprint density at radius 2 is 1.92 bits per heavy atom. The number of hydrogen-bond acceptors (Lipinski definition) is 4. The van der Waals surface area contributed by atoms with Crippen LogP contribution in [0.1, 0.15) is 26.3 Å². The van der Waals surface area contributed by atoms with Gasteiger partial charge in [-0.3, -0.25) is 9.69 Å². The zero-order chi connectivity index (χ0) is 17.7. The maximum Gasteiger partial charge on any atom is 0.415 e. The van der Waals surface area contributed by atoms with E-state index in [1.807, 2.05) is 36.4 Å². The van der Waals surface area contributed by atoms with Crippen molar-refractivity contribution in [3.05, 3.63) is 48.3 Å². The molecule has 6 heteroatoms. The van der Waals surface area contributed by atoms with Gasteiger partial charge in [-0.2, -0.15) is 5.26 Å². The van der Waals surface area contributed by atoms with Gasteiger partial charge in [-0.1, -0.05) is 30.3 Å². The van der Waals surface area contributed by atoms with Crippen molar-refractivity contribution < 1.29 is 14.3 Å². The summed E-state index contributed by atoms with van der Waals surface area (Å²) < 4.78 is 5.39. The van der Waals surface area contributed by atoms with E-state index in [0.717, 1.165) is 5.56 Å². The molecule has 0 spiro atoms. The molecule has 1 aromatic rings. The SMILES string of the molecule is CC(C)(C)OC(=O)N1C=CN(CC#N)C(=O)C1Cc1ccccc1. The summed E-state index contributed by atoms with van der Waals surface area (Å²) in [5, 5.41) is 8.86. The maximum absolute atomic E-state index is 12.7. The fourth-order valence-corrected chi connectivity index (χ4v) is 2.37. The van der Waals surface area contributed by atoms with Crippen LogP contribution in [0.4, 0.5) is 4.79 Å². The molecule has 0 aliphatic carbocycles. The van der Waals surface area contributed by atoms with E-state index in [1.165, 1.54) is 22.2 Å². The Hall–Kier alpha value is -2.81. The fraction of sp³-hybridized carbons (Fsp3) is 0.389. The van der Waals surface area contributed by atoms with Crippen molar-refractivity contribution in [2.24, 2.45) is 0 Å². The molecule has 1 aliphatic rings. The third-order valence-electron chi connectivity index (χ3n) is 3.43. The van der Waals surface area contributed by atoms with E-state index in [2.05, 4.69) is 0 Å². The normalized spacial score (nSPS) is 17.6. The summed E-state index contributed by atoms with van der Waals surface area (Å²) >= 11 is 0. The first-order chi connectivity index (χ1) is 11.3. The van der Waals surface area contributed by atoms with E-state index >= 15 is 0 Å². The number of carbonyl (C=O) groups excluding carboxylic acids is 2. The van der Waals surface area contributed by atoms with Crippen molar-refractivity contribution in [2.75, 3.05) is 6.54 Å². The van der Waals surface area contributed by atoms with E-state index in [0.29, 0.717) is 6.42 Å². The van der Waals surface area contributed by atoms with E-state index in [9.17, 15) is 9.59 Å². The summed E-state index contributed by atoms with van der Waals surface area (Å²) in [7, 11) is 0. The Bertz CT molecular complexity index is 671. The number of carbonyl (C=O) groups is 2. The van der Waals surface area contributed by atoms with Gasteiger partial charge in [-0.25, -0.2) is 4.79 Å². The minimum Gasteiger partial charge on any atom is -0.443 e. The second-order valence-electron chi connectivity index (χ2n) is 6.52. The predicted octanol–water partition coefficient (Wildman–Crippen LogP) is 2.67. The van der Waals surface area contributed by atoms with Crippen LogP contribution in [-0.2, 0) is 16.0 Å². The van der Waals surface area contributed by atoms with Crippen molar-refractivity contribution in [1.29, 1.82) is 5.26 Å². The Balaban J connectivity index is 2.28. The topological polar surface area (TPSA) is 73.6 Å². The molecule has 1 aromatic carbocycles. The number of ether oxygens (including phenoxy) is 1. The van der Waals surface area contributed by atoms with E-state index < -0.39 is 17.7 Å². The second kappa shape index (κ2) is 7.18. The molecular formula is C18H21N3O3. The molecule has 0 bridgehead atoms. The van der Waals surface area contributed by atoms with Crippen molar-refractivity contribution in [2.45, 2.75) is 38.8 Å². The average molecular weight is 327 g/mol. The lowest BCUT2D eigenvalue weighted by atomic mass is 10.0. The summed E-state index contributed by atoms with van der Waals surface area (Å²) in [6.07, 6.45) is 2.72. The molecule has 0 saturated carbocycles. The number of benzene rings is 1. The Kier molecular flexibility index (Phi) is 5.24. The fourth-order valence-electron chi connectivity index (χ4n) is 2.37. The highest BCUT2D eigenvalue weighted by Gasteiger charge is 2.36. The molecule has 1 aliphatic heterocycles. The third-order valence-corrected chi connectivity index (χ3v) is 3.43. The average Bonchev–Trinajstić information content (AvgIpc) is 2.51. The molecule has 1 atom stereocenters. The zero-order valence-electron chi connectivity index (χ0n) is 14.1. The lowest BCUT2D eigenvalue weighted by Gasteiger charge is -2.35. The second-order valence-corrected chi connectivity index (χ2v) is 6.52. The van der Waals surface area contributed by atoms with Gasteiger partial charge in [-0.05, 0) is 26.3 Å². The predicted molar refractivity (Wildman–Crippen MR) is 88.5 cm³/mol. The highest BCUT2D eigenvalue weighted by Crippen LogP contribution is 2.20. The molecule has 2 rings (SSSR count). The van der Waals surface area contributed by atoms with Gasteiger partial charge in [0.2, 0.25) is 0 Å². The largest absolute Gasteiger partial charge is 0.443 e. The van der Waals surface area contributed by atoms with Crippen LogP contribution in [0, 0.1) is 11.3 Å². The van der Waals surface area contributed by atoms with Crippen molar-refractivity contribution in [3.63, 3.8) is 0 Å². The first-order valence-electron chi connectivity index (χ1n) is 7.73. The third kappa shape index (κ3) is 4.35. The number of hydrogen-bond donors (Lipinski definition) is 0. The minimum absolute atomic E-state index is 0.0528. The smallest absolute Gasteiger partial charge is 0.415 e. The van der Waals surface area contributed by atoms with Crippen LogP contribution < -0.4 is 0 Å². The molecule has 0 radical (unpaired) electrons. The van der Waals surface area contributed by atoms with Crippen molar-refractivity contribution in [1.82, 2.24) is 9.80 Å². The number of nitrogens with zero attached hydrogens (tertiary/aromatic N) is 3. The van der Waals surface area contributed by atoms with E-state index in [-0.39, 0.29) is 12.5 Å². The highest BCUT2D eigenvalue weighted by atomic mass is 16.6. The van der Waals surface area contributed by atoms with Crippen LogP contribution >= 0.6 is 0 Å². The standard InChI is InChI=1S/C18H21N3O3/c1-18(2,3)24-17(23)21-12-11-20(10-9-19)16(22)15(21)13-14-7-5-4-6-8-14/h4-8,11-12,15H,10,13H2,1-3H3. The number of rotatable bonds is 3. The molecule has 6 nitrogen and oxygen atoms in total. The monoisotopic (exact) mass is 327 g/mol. The van der Waals surface area contributed by atoms with Gasteiger partial charge in [0.25, 0.3) is 5.91 Å². The molecular weight excluding hydrogens is 306 g/mol. The molecule has 1 unspecified atom stereocenters. The summed E-state index contributed by atoms with van der Waals surface area (Å²) in [5.74, 6) is -0.297. The van der Waals surface area contributed by atoms with Crippen LogP contribution in [0.3, 0.4) is 0 Å². The zero-order valence-corrected chi connectivity index (χ0v) is 14.1. The Morgan fingerprint density at radius 1 is 1.25 bits per heavy atom. The van der Waals surface area contributed by atoms with Crippen LogP contribution in [0.25, 0.3) is 0 Å². The van der Waals surface area contributed by atoms with Crippen LogP contribution in [0.2, 0.25) is 0 Å². The van der Waals surface area contributed by atoms with Crippen molar-refractivity contribution >= 4 is 12.0 Å². The Morgan fingerprint density at radius 3 is 2.50 bits per heavy atom. The quantitative estimate of drug-likeness (QED) is 0.800. The maximum atomic E-state index is 12.7. The first kappa shape index (κ1) is 17.5. The molecule has 126 valence electrons. The van der Waals surface area contributed by atoms with Crippen molar-refractivity contribution in [3.8, 4) is 6.07 Å². The van der Waals surface area contributed by atoms with Gasteiger partial charge < -0.3 is 9.64 Å². The summed E-state index contributed by atoms with van der Waals surface area (Å²) in [4.78, 5) is 27.7. The van der Waals surface area contributed by atoms with Gasteiger partial charge in [-0.15, -0.1) is 0 Å². The summed E-state index contributed by atoms with van der Waals surface area (Å²) in [5.41, 5.74) is 0.270. The lowest BCUT2D eigenvalue weighted by Crippen LogP contribution is -2.52. The lowest BCUT2D eigenvalue weighted by molar-refractivity contribution is -0.134. The molecule has 0 fully saturated rings. The first-order valence-corrected chi connectivity index (χ1v) is 7.73. The van der Waals surface area contributed by atoms with Gasteiger partial charge in [0, 0.05) is 18.8 Å². The molecule has 0 N–H and O–H groups in total.